The van der Waals surface area contributed by atoms with Gasteiger partial charge in [-0.1, -0.05) is 60.7 Å². The molecule has 0 N–H and O–H groups in total. The number of benzene rings is 1. The predicted molar refractivity (Wildman–Crippen MR) is 79.5 cm³/mol. The van der Waals surface area contributed by atoms with Gasteiger partial charge in [-0.3, -0.25) is 0 Å². The number of hydrogen-bond donors (Lipinski definition) is 0. The first-order valence-corrected chi connectivity index (χ1v) is 6.83. The van der Waals surface area contributed by atoms with Gasteiger partial charge in [0.05, 0.1) is 0 Å². The Balaban J connectivity index is 1.87. The van der Waals surface area contributed by atoms with Crippen LogP contribution in [0.2, 0.25) is 0 Å². The third-order valence-corrected chi connectivity index (χ3v) is 3.50. The Morgan fingerprint density at radius 2 is 1.94 bits per heavy atom. The summed E-state index contributed by atoms with van der Waals surface area (Å²) in [4.78, 5) is 0. The summed E-state index contributed by atoms with van der Waals surface area (Å²) in [6.45, 7) is 6.11. The van der Waals surface area contributed by atoms with Gasteiger partial charge in [-0.05, 0) is 49.7 Å². The molecule has 0 aromatic heterocycles. The van der Waals surface area contributed by atoms with E-state index in [9.17, 15) is 0 Å². The minimum atomic E-state index is 0.792. The third-order valence-electron chi connectivity index (χ3n) is 3.50. The van der Waals surface area contributed by atoms with E-state index in [0.717, 1.165) is 18.8 Å². The average Bonchev–Trinajstić information content (AvgIpc) is 3.23. The van der Waals surface area contributed by atoms with Gasteiger partial charge in [-0.2, -0.15) is 0 Å². The zero-order valence-electron chi connectivity index (χ0n) is 11.2. The van der Waals surface area contributed by atoms with Crippen LogP contribution in [-0.4, -0.2) is 0 Å². The average molecular weight is 238 g/mol. The molecule has 94 valence electrons. The van der Waals surface area contributed by atoms with Gasteiger partial charge >= 0.3 is 0 Å². The molecule has 0 nitrogen and oxygen atoms in total. The maximum absolute atomic E-state index is 3.90. The fraction of sp³-hybridized carbons (Fsp3) is 0.333. The molecule has 2 rings (SSSR count). The van der Waals surface area contributed by atoms with E-state index in [4.69, 9.17) is 0 Å². The summed E-state index contributed by atoms with van der Waals surface area (Å²) < 4.78 is 0. The number of allylic oxidation sites excluding steroid dienone is 5. The van der Waals surface area contributed by atoms with Gasteiger partial charge in [0.2, 0.25) is 0 Å². The van der Waals surface area contributed by atoms with Gasteiger partial charge in [0, 0.05) is 0 Å². The van der Waals surface area contributed by atoms with Crippen molar-refractivity contribution in [3.63, 3.8) is 0 Å². The molecular weight excluding hydrogens is 216 g/mol. The molecule has 1 aromatic carbocycles. The van der Waals surface area contributed by atoms with Crippen LogP contribution in [0.15, 0.2) is 66.3 Å². The van der Waals surface area contributed by atoms with Gasteiger partial charge in [-0.25, -0.2) is 0 Å². The van der Waals surface area contributed by atoms with E-state index < -0.39 is 0 Å². The van der Waals surface area contributed by atoms with Crippen LogP contribution >= 0.6 is 0 Å². The quantitative estimate of drug-likeness (QED) is 0.606. The van der Waals surface area contributed by atoms with Gasteiger partial charge in [0.15, 0.2) is 0 Å². The van der Waals surface area contributed by atoms with E-state index in [2.05, 4.69) is 56.0 Å². The van der Waals surface area contributed by atoms with E-state index in [1.165, 1.54) is 29.6 Å². The van der Waals surface area contributed by atoms with Crippen LogP contribution in [0.1, 0.15) is 31.7 Å². The van der Waals surface area contributed by atoms with Gasteiger partial charge in [-0.15, -0.1) is 0 Å². The lowest BCUT2D eigenvalue weighted by Gasteiger charge is -2.02. The van der Waals surface area contributed by atoms with Crippen molar-refractivity contribution in [3.8, 4) is 0 Å². The fourth-order valence-electron chi connectivity index (χ4n) is 2.10. The number of aryl methyl sites for hydroxylation is 1. The Kier molecular flexibility index (Phi) is 4.58. The molecule has 0 amide bonds. The number of rotatable bonds is 6. The lowest BCUT2D eigenvalue weighted by molar-refractivity contribution is 0.940. The summed E-state index contributed by atoms with van der Waals surface area (Å²) in [7, 11) is 0. The van der Waals surface area contributed by atoms with Crippen LogP contribution in [0.4, 0.5) is 0 Å². The maximum atomic E-state index is 3.90. The largest absolute Gasteiger partial charge is 0.0988 e. The Bertz CT molecular complexity index is 444. The smallest absolute Gasteiger partial charge is 0.0162 e. The SMILES string of the molecule is C=C/C(=C\C=C(/C)CCc1ccccc1)C1CC1. The summed E-state index contributed by atoms with van der Waals surface area (Å²) in [6, 6.07) is 10.7. The summed E-state index contributed by atoms with van der Waals surface area (Å²) in [5.41, 5.74) is 4.27. The molecule has 0 heteroatoms. The van der Waals surface area contributed by atoms with Crippen molar-refractivity contribution in [2.45, 2.75) is 32.6 Å². The van der Waals surface area contributed by atoms with Gasteiger partial charge in [0.1, 0.15) is 0 Å². The highest BCUT2D eigenvalue weighted by Gasteiger charge is 2.23. The molecule has 1 aliphatic rings. The molecule has 0 atom stereocenters. The second-order valence-corrected chi connectivity index (χ2v) is 5.14. The predicted octanol–water partition coefficient (Wildman–Crippen LogP) is 5.09. The molecule has 0 heterocycles. The molecule has 18 heavy (non-hydrogen) atoms. The molecule has 0 unspecified atom stereocenters. The van der Waals surface area contributed by atoms with Crippen molar-refractivity contribution in [2.24, 2.45) is 5.92 Å². The monoisotopic (exact) mass is 238 g/mol. The van der Waals surface area contributed by atoms with Crippen LogP contribution in [0.3, 0.4) is 0 Å². The zero-order chi connectivity index (χ0) is 12.8. The maximum Gasteiger partial charge on any atom is -0.0162 e. The fourth-order valence-corrected chi connectivity index (χ4v) is 2.10. The summed E-state index contributed by atoms with van der Waals surface area (Å²) in [6.07, 6.45) is 11.5. The number of hydrogen-bond acceptors (Lipinski definition) is 0. The van der Waals surface area contributed by atoms with E-state index in [1.54, 1.807) is 0 Å². The van der Waals surface area contributed by atoms with E-state index in [-0.39, 0.29) is 0 Å². The standard InChI is InChI=1S/C18H22/c1-3-17(18-13-14-18)12-10-15(2)9-11-16-7-5-4-6-8-16/h3-8,10,12,18H,1,9,11,13-14H2,2H3/b15-10+,17-12+. The summed E-state index contributed by atoms with van der Waals surface area (Å²) in [5, 5.41) is 0. The van der Waals surface area contributed by atoms with Crippen LogP contribution in [0, 0.1) is 5.92 Å². The molecule has 1 fully saturated rings. The molecular formula is C18H22. The van der Waals surface area contributed by atoms with E-state index >= 15 is 0 Å². The second-order valence-electron chi connectivity index (χ2n) is 5.14. The first-order valence-electron chi connectivity index (χ1n) is 6.83. The Hall–Kier alpha value is -1.56. The highest BCUT2D eigenvalue weighted by Crippen LogP contribution is 2.36. The molecule has 1 aliphatic carbocycles. The molecule has 0 radical (unpaired) electrons. The molecule has 0 bridgehead atoms. The first kappa shape index (κ1) is 12.9. The summed E-state index contributed by atoms with van der Waals surface area (Å²) in [5.74, 6) is 0.792. The lowest BCUT2D eigenvalue weighted by Crippen LogP contribution is -1.86. The molecule has 0 saturated heterocycles. The van der Waals surface area contributed by atoms with Crippen LogP contribution in [0.25, 0.3) is 0 Å². The normalized spacial score (nSPS) is 16.7. The third kappa shape index (κ3) is 4.03. The highest BCUT2D eigenvalue weighted by atomic mass is 14.3. The minimum Gasteiger partial charge on any atom is -0.0988 e. The minimum absolute atomic E-state index is 0.792. The van der Waals surface area contributed by atoms with Gasteiger partial charge < -0.3 is 0 Å². The van der Waals surface area contributed by atoms with Crippen molar-refractivity contribution in [2.75, 3.05) is 0 Å². The molecule has 0 aliphatic heterocycles. The van der Waals surface area contributed by atoms with Gasteiger partial charge in [0.25, 0.3) is 0 Å². The Labute approximate surface area is 111 Å². The van der Waals surface area contributed by atoms with Crippen molar-refractivity contribution in [1.29, 1.82) is 0 Å². The van der Waals surface area contributed by atoms with Crippen molar-refractivity contribution in [1.82, 2.24) is 0 Å². The van der Waals surface area contributed by atoms with Crippen molar-refractivity contribution >= 4 is 0 Å². The molecule has 0 spiro atoms. The highest BCUT2D eigenvalue weighted by molar-refractivity contribution is 5.29. The van der Waals surface area contributed by atoms with Crippen LogP contribution < -0.4 is 0 Å². The second kappa shape index (κ2) is 6.39. The molecule has 1 aromatic rings. The lowest BCUT2D eigenvalue weighted by atomic mass is 10.0. The Morgan fingerprint density at radius 1 is 1.22 bits per heavy atom. The van der Waals surface area contributed by atoms with E-state index in [1.807, 2.05) is 6.08 Å². The molecule has 1 saturated carbocycles. The first-order chi connectivity index (χ1) is 8.79. The topological polar surface area (TPSA) is 0 Å². The summed E-state index contributed by atoms with van der Waals surface area (Å²) >= 11 is 0. The Morgan fingerprint density at radius 3 is 2.56 bits per heavy atom. The van der Waals surface area contributed by atoms with Crippen molar-refractivity contribution < 1.29 is 0 Å². The van der Waals surface area contributed by atoms with Crippen molar-refractivity contribution in [3.05, 3.63) is 71.8 Å². The van der Waals surface area contributed by atoms with Crippen LogP contribution in [-0.2, 0) is 6.42 Å². The zero-order valence-corrected chi connectivity index (χ0v) is 11.2. The van der Waals surface area contributed by atoms with E-state index in [0.29, 0.717) is 0 Å². The van der Waals surface area contributed by atoms with Crippen LogP contribution in [0.5, 0.6) is 0 Å².